The Balaban J connectivity index is 1.84. The highest BCUT2D eigenvalue weighted by Gasteiger charge is 2.58. The second-order valence-corrected chi connectivity index (χ2v) is 8.44. The fourth-order valence-corrected chi connectivity index (χ4v) is 6.32. The predicted octanol–water partition coefficient (Wildman–Crippen LogP) is 3.13. The zero-order valence-electron chi connectivity index (χ0n) is 14.2. The van der Waals surface area contributed by atoms with Crippen LogP contribution in [0, 0.1) is 57.7 Å². The molecule has 24 heavy (non-hydrogen) atoms. The quantitative estimate of drug-likeness (QED) is 0.694. The topological polar surface area (TPSA) is 84.9 Å². The average Bonchev–Trinajstić information content (AvgIpc) is 2.88. The van der Waals surface area contributed by atoms with E-state index in [1.807, 2.05) is 0 Å². The van der Waals surface area contributed by atoms with Crippen LogP contribution in [-0.2, 0) is 4.79 Å². The van der Waals surface area contributed by atoms with Crippen LogP contribution in [0.25, 0.3) is 0 Å². The summed E-state index contributed by atoms with van der Waals surface area (Å²) >= 11 is 0. The van der Waals surface area contributed by atoms with Gasteiger partial charge in [0, 0.05) is 24.7 Å². The van der Waals surface area contributed by atoms with Crippen molar-refractivity contribution in [1.29, 1.82) is 10.5 Å². The molecule has 126 valence electrons. The molecule has 0 aromatic heterocycles. The van der Waals surface area contributed by atoms with Gasteiger partial charge in [-0.15, -0.1) is 0 Å². The molecule has 0 aromatic rings. The van der Waals surface area contributed by atoms with E-state index in [0.717, 1.165) is 32.1 Å². The molecule has 4 nitrogen and oxygen atoms in total. The van der Waals surface area contributed by atoms with Crippen LogP contribution in [0.2, 0.25) is 0 Å². The van der Waals surface area contributed by atoms with E-state index >= 15 is 0 Å². The first kappa shape index (κ1) is 15.9. The molecule has 7 atom stereocenters. The summed E-state index contributed by atoms with van der Waals surface area (Å²) in [5, 5.41) is 30.2. The minimum Gasteiger partial charge on any atom is -0.393 e. The summed E-state index contributed by atoms with van der Waals surface area (Å²) in [4.78, 5) is 12.0. The van der Waals surface area contributed by atoms with Crippen LogP contribution in [0.1, 0.15) is 51.9 Å². The number of hydrogen-bond acceptors (Lipinski definition) is 4. The summed E-state index contributed by atoms with van der Waals surface area (Å²) in [5.74, 6) is -0.111. The van der Waals surface area contributed by atoms with Crippen LogP contribution >= 0.6 is 0 Å². The highest BCUT2D eigenvalue weighted by Crippen LogP contribution is 2.62. The lowest BCUT2D eigenvalue weighted by Crippen LogP contribution is -2.48. The molecule has 3 saturated carbocycles. The molecular weight excluding hydrogens is 300 g/mol. The molecule has 0 saturated heterocycles. The van der Waals surface area contributed by atoms with Gasteiger partial charge >= 0.3 is 0 Å². The monoisotopic (exact) mass is 324 g/mol. The number of aliphatic hydroxyl groups excluding tert-OH is 1. The van der Waals surface area contributed by atoms with Crippen LogP contribution in [0.4, 0.5) is 0 Å². The molecule has 4 aliphatic rings. The van der Waals surface area contributed by atoms with Crippen molar-refractivity contribution in [3.8, 4) is 12.1 Å². The van der Waals surface area contributed by atoms with E-state index in [4.69, 9.17) is 0 Å². The third-order valence-corrected chi connectivity index (χ3v) is 7.61. The number of Topliss-reactive ketones (excluding diaryl/α,β-unsaturated/α-hetero) is 1. The second-order valence-electron chi connectivity index (χ2n) is 8.44. The van der Waals surface area contributed by atoms with Crippen molar-refractivity contribution in [2.24, 2.45) is 35.0 Å². The number of fused-ring (bicyclic) bond motifs is 4. The van der Waals surface area contributed by atoms with Crippen LogP contribution in [0.3, 0.4) is 0 Å². The molecule has 0 aliphatic heterocycles. The van der Waals surface area contributed by atoms with Gasteiger partial charge in [-0.2, -0.15) is 10.5 Å². The van der Waals surface area contributed by atoms with E-state index in [1.165, 1.54) is 11.1 Å². The first-order valence-electron chi connectivity index (χ1n) is 9.22. The number of carbonyl (C=O) groups excluding carboxylic acids is 1. The predicted molar refractivity (Wildman–Crippen MR) is 87.1 cm³/mol. The number of nitrogens with zero attached hydrogens (tertiary/aromatic N) is 2. The summed E-state index contributed by atoms with van der Waals surface area (Å²) < 4.78 is 0. The SMILES string of the molecule is C[C@]12CCC3=C4CCC(=O)C[C@H]4[C@H](C#N)[C@@H](C#N)[C@H]3[C@@H]1CC[C@@H]2O. The molecule has 0 unspecified atom stereocenters. The minimum absolute atomic E-state index is 0.0390. The smallest absolute Gasteiger partial charge is 0.133 e. The molecule has 4 rings (SSSR count). The maximum absolute atomic E-state index is 12.0. The van der Waals surface area contributed by atoms with Crippen molar-refractivity contribution in [3.63, 3.8) is 0 Å². The first-order chi connectivity index (χ1) is 11.5. The van der Waals surface area contributed by atoms with Gasteiger partial charge in [0.15, 0.2) is 0 Å². The highest BCUT2D eigenvalue weighted by atomic mass is 16.3. The Labute approximate surface area is 143 Å². The van der Waals surface area contributed by atoms with Gasteiger partial charge in [-0.1, -0.05) is 18.1 Å². The Morgan fingerprint density at radius 2 is 1.83 bits per heavy atom. The lowest BCUT2D eigenvalue weighted by molar-refractivity contribution is -0.121. The Morgan fingerprint density at radius 1 is 1.08 bits per heavy atom. The van der Waals surface area contributed by atoms with Crippen LogP contribution in [0.5, 0.6) is 0 Å². The Kier molecular flexibility index (Phi) is 3.59. The van der Waals surface area contributed by atoms with Gasteiger partial charge in [-0.3, -0.25) is 4.79 Å². The normalized spacial score (nSPS) is 47.2. The zero-order chi connectivity index (χ0) is 17.1. The van der Waals surface area contributed by atoms with Gasteiger partial charge in [0.05, 0.1) is 30.1 Å². The number of hydrogen-bond donors (Lipinski definition) is 1. The summed E-state index contributed by atoms with van der Waals surface area (Å²) in [7, 11) is 0. The fourth-order valence-electron chi connectivity index (χ4n) is 6.32. The maximum Gasteiger partial charge on any atom is 0.133 e. The van der Waals surface area contributed by atoms with Crippen molar-refractivity contribution >= 4 is 5.78 Å². The maximum atomic E-state index is 12.0. The Morgan fingerprint density at radius 3 is 2.54 bits per heavy atom. The van der Waals surface area contributed by atoms with E-state index in [0.29, 0.717) is 18.8 Å². The number of aliphatic hydroxyl groups is 1. The summed E-state index contributed by atoms with van der Waals surface area (Å²) in [6.07, 6.45) is 5.14. The van der Waals surface area contributed by atoms with Crippen molar-refractivity contribution < 1.29 is 9.90 Å². The zero-order valence-corrected chi connectivity index (χ0v) is 14.2. The fraction of sp³-hybridized carbons (Fsp3) is 0.750. The van der Waals surface area contributed by atoms with Crippen LogP contribution in [0.15, 0.2) is 11.1 Å². The van der Waals surface area contributed by atoms with Crippen molar-refractivity contribution in [2.45, 2.75) is 58.0 Å². The van der Waals surface area contributed by atoms with Crippen LogP contribution in [-0.4, -0.2) is 17.0 Å². The molecule has 4 heteroatoms. The van der Waals surface area contributed by atoms with Crippen LogP contribution < -0.4 is 0 Å². The number of ketones is 1. The van der Waals surface area contributed by atoms with Gasteiger partial charge in [-0.25, -0.2) is 0 Å². The third kappa shape index (κ3) is 1.96. The third-order valence-electron chi connectivity index (χ3n) is 7.61. The largest absolute Gasteiger partial charge is 0.393 e. The molecule has 0 radical (unpaired) electrons. The lowest BCUT2D eigenvalue weighted by atomic mass is 9.51. The number of rotatable bonds is 0. The van der Waals surface area contributed by atoms with Gasteiger partial charge in [0.1, 0.15) is 5.78 Å². The van der Waals surface area contributed by atoms with Gasteiger partial charge in [0.25, 0.3) is 0 Å². The van der Waals surface area contributed by atoms with Gasteiger partial charge < -0.3 is 5.11 Å². The molecule has 0 spiro atoms. The van der Waals surface area contributed by atoms with E-state index in [-0.39, 0.29) is 41.0 Å². The lowest BCUT2D eigenvalue weighted by Gasteiger charge is -2.52. The average molecular weight is 324 g/mol. The summed E-state index contributed by atoms with van der Waals surface area (Å²) in [5.41, 5.74) is 2.57. The number of nitriles is 2. The van der Waals surface area contributed by atoms with Gasteiger partial charge in [0.2, 0.25) is 0 Å². The van der Waals surface area contributed by atoms with E-state index in [2.05, 4.69) is 19.1 Å². The van der Waals surface area contributed by atoms with Gasteiger partial charge in [-0.05, 0) is 43.4 Å². The Hall–Kier alpha value is -1.65. The highest BCUT2D eigenvalue weighted by molar-refractivity contribution is 5.81. The first-order valence-corrected chi connectivity index (χ1v) is 9.22. The Bertz CT molecular complexity index is 697. The minimum atomic E-state index is -0.372. The molecule has 4 aliphatic carbocycles. The molecule has 0 bridgehead atoms. The second kappa shape index (κ2) is 5.43. The number of allylic oxidation sites excluding steroid dienone is 2. The summed E-state index contributed by atoms with van der Waals surface area (Å²) in [6, 6.07) is 4.84. The standard InChI is InChI=1S/C20H24N2O2/c1-20-7-6-13-12-3-2-11(23)8-14(12)15(9-21)16(10-22)19(13)17(20)4-5-18(20)24/h14-19,24H,2-8H2,1H3/t14-,15+,16-,17+,18+,19+,20+/m1/s1. The molecule has 1 N–H and O–H groups in total. The molecule has 0 amide bonds. The summed E-state index contributed by atoms with van der Waals surface area (Å²) in [6.45, 7) is 2.17. The van der Waals surface area contributed by atoms with E-state index in [1.54, 1.807) is 0 Å². The van der Waals surface area contributed by atoms with E-state index < -0.39 is 0 Å². The van der Waals surface area contributed by atoms with E-state index in [9.17, 15) is 20.4 Å². The molecule has 0 heterocycles. The molecular formula is C20H24N2O2. The van der Waals surface area contributed by atoms with Crippen molar-refractivity contribution in [1.82, 2.24) is 0 Å². The van der Waals surface area contributed by atoms with Crippen molar-refractivity contribution in [3.05, 3.63) is 11.1 Å². The molecule has 3 fully saturated rings. The number of carbonyl (C=O) groups is 1. The van der Waals surface area contributed by atoms with Crippen molar-refractivity contribution in [2.75, 3.05) is 0 Å². The molecule has 0 aromatic carbocycles.